The molecule has 0 fully saturated rings. The highest BCUT2D eigenvalue weighted by molar-refractivity contribution is 8.00. The number of nitrogens with one attached hydrogen (secondary N) is 1. The molecule has 1 aromatic carbocycles. The number of amides is 1. The average Bonchev–Trinajstić information content (AvgIpc) is 2.46. The maximum atomic E-state index is 11.8. The van der Waals surface area contributed by atoms with Gasteiger partial charge in [0.25, 0.3) is 0 Å². The molecule has 0 aliphatic heterocycles. The molecule has 0 spiro atoms. The summed E-state index contributed by atoms with van der Waals surface area (Å²) in [7, 11) is 2.52. The number of carbonyl (C=O) groups excluding carboxylic acids is 3. The van der Waals surface area contributed by atoms with Crippen molar-refractivity contribution in [2.45, 2.75) is 0 Å². The lowest BCUT2D eigenvalue weighted by molar-refractivity contribution is -0.137. The van der Waals surface area contributed by atoms with E-state index in [0.717, 1.165) is 11.8 Å². The van der Waals surface area contributed by atoms with E-state index in [1.165, 1.54) is 32.4 Å². The van der Waals surface area contributed by atoms with Crippen LogP contribution < -0.4 is 5.32 Å². The van der Waals surface area contributed by atoms with Gasteiger partial charge in [0.1, 0.15) is 0 Å². The molecule has 0 saturated heterocycles. The maximum Gasteiger partial charge on any atom is 0.339 e. The fourth-order valence-corrected chi connectivity index (χ4v) is 2.20. The van der Waals surface area contributed by atoms with Gasteiger partial charge in [-0.3, -0.25) is 9.59 Å². The van der Waals surface area contributed by atoms with Gasteiger partial charge in [0, 0.05) is 5.02 Å². The minimum Gasteiger partial charge on any atom is -0.468 e. The first kappa shape index (κ1) is 17.3. The Morgan fingerprint density at radius 3 is 2.52 bits per heavy atom. The molecular formula is C13H14ClNO5S. The van der Waals surface area contributed by atoms with E-state index in [-0.39, 0.29) is 28.7 Å². The number of rotatable bonds is 6. The van der Waals surface area contributed by atoms with Gasteiger partial charge in [-0.25, -0.2) is 4.79 Å². The number of thioether (sulfide) groups is 1. The van der Waals surface area contributed by atoms with E-state index in [1.807, 2.05) is 0 Å². The number of halogens is 1. The third kappa shape index (κ3) is 5.65. The smallest absolute Gasteiger partial charge is 0.339 e. The van der Waals surface area contributed by atoms with E-state index in [4.69, 9.17) is 11.6 Å². The summed E-state index contributed by atoms with van der Waals surface area (Å²) in [4.78, 5) is 34.3. The van der Waals surface area contributed by atoms with Crippen LogP contribution in [0.25, 0.3) is 0 Å². The summed E-state index contributed by atoms with van der Waals surface area (Å²) in [6.07, 6.45) is 0. The molecule has 1 aromatic rings. The van der Waals surface area contributed by atoms with Crippen LogP contribution in [0.3, 0.4) is 0 Å². The van der Waals surface area contributed by atoms with Crippen molar-refractivity contribution < 1.29 is 23.9 Å². The number of anilines is 1. The molecule has 0 atom stereocenters. The van der Waals surface area contributed by atoms with Crippen LogP contribution in [0.4, 0.5) is 5.69 Å². The lowest BCUT2D eigenvalue weighted by Gasteiger charge is -2.10. The molecule has 0 bridgehead atoms. The van der Waals surface area contributed by atoms with Crippen LogP contribution in [0.5, 0.6) is 0 Å². The molecule has 8 heteroatoms. The third-order valence-corrected chi connectivity index (χ3v) is 3.48. The van der Waals surface area contributed by atoms with Crippen LogP contribution in [0.15, 0.2) is 18.2 Å². The van der Waals surface area contributed by atoms with Crippen LogP contribution >= 0.6 is 23.4 Å². The predicted molar refractivity (Wildman–Crippen MR) is 80.8 cm³/mol. The van der Waals surface area contributed by atoms with Crippen LogP contribution in [-0.4, -0.2) is 43.6 Å². The molecule has 0 radical (unpaired) electrons. The molecule has 0 heterocycles. The lowest BCUT2D eigenvalue weighted by Crippen LogP contribution is -2.18. The molecule has 1 rings (SSSR count). The number of carbonyl (C=O) groups is 3. The zero-order valence-electron chi connectivity index (χ0n) is 11.5. The highest BCUT2D eigenvalue weighted by Gasteiger charge is 2.14. The Balaban J connectivity index is 2.68. The summed E-state index contributed by atoms with van der Waals surface area (Å²) in [5.74, 6) is -1.24. The molecule has 0 aliphatic rings. The average molecular weight is 332 g/mol. The molecule has 1 amide bonds. The summed E-state index contributed by atoms with van der Waals surface area (Å²) in [5, 5.41) is 2.94. The third-order valence-electron chi connectivity index (χ3n) is 2.34. The normalized spacial score (nSPS) is 9.86. The summed E-state index contributed by atoms with van der Waals surface area (Å²) in [6, 6.07) is 4.44. The summed E-state index contributed by atoms with van der Waals surface area (Å²) >= 11 is 6.94. The SMILES string of the molecule is COC(=O)CSCC(=O)Nc1cc(Cl)ccc1C(=O)OC. The van der Waals surface area contributed by atoms with Crippen molar-refractivity contribution in [2.24, 2.45) is 0 Å². The van der Waals surface area contributed by atoms with E-state index < -0.39 is 11.9 Å². The van der Waals surface area contributed by atoms with E-state index in [9.17, 15) is 14.4 Å². The van der Waals surface area contributed by atoms with E-state index in [2.05, 4.69) is 14.8 Å². The van der Waals surface area contributed by atoms with Gasteiger partial charge in [-0.1, -0.05) is 11.6 Å². The van der Waals surface area contributed by atoms with Gasteiger partial charge in [0.15, 0.2) is 0 Å². The van der Waals surface area contributed by atoms with Gasteiger partial charge in [0.2, 0.25) is 5.91 Å². The van der Waals surface area contributed by atoms with Crippen LogP contribution in [0.2, 0.25) is 5.02 Å². The van der Waals surface area contributed by atoms with Crippen molar-refractivity contribution >= 4 is 46.9 Å². The Hall–Kier alpha value is -1.73. The molecule has 6 nitrogen and oxygen atoms in total. The quantitative estimate of drug-likeness (QED) is 0.803. The molecular weight excluding hydrogens is 318 g/mol. The van der Waals surface area contributed by atoms with Crippen molar-refractivity contribution in [3.05, 3.63) is 28.8 Å². The molecule has 1 N–H and O–H groups in total. The fraction of sp³-hybridized carbons (Fsp3) is 0.308. The highest BCUT2D eigenvalue weighted by Crippen LogP contribution is 2.22. The minimum absolute atomic E-state index is 0.0439. The summed E-state index contributed by atoms with van der Waals surface area (Å²) in [6.45, 7) is 0. The number of hydrogen-bond donors (Lipinski definition) is 1. The zero-order chi connectivity index (χ0) is 15.8. The number of benzene rings is 1. The first-order chi connectivity index (χ1) is 9.97. The lowest BCUT2D eigenvalue weighted by atomic mass is 10.2. The van der Waals surface area contributed by atoms with Crippen LogP contribution in [0, 0.1) is 0 Å². The minimum atomic E-state index is -0.579. The molecule has 0 unspecified atom stereocenters. The number of hydrogen-bond acceptors (Lipinski definition) is 6. The largest absolute Gasteiger partial charge is 0.468 e. The standard InChI is InChI=1S/C13H14ClNO5S/c1-19-12(17)7-21-6-11(16)15-10-5-8(14)3-4-9(10)13(18)20-2/h3-5H,6-7H2,1-2H3,(H,15,16). The van der Waals surface area contributed by atoms with Gasteiger partial charge < -0.3 is 14.8 Å². The summed E-state index contributed by atoms with van der Waals surface area (Å²) in [5.41, 5.74) is 0.464. The van der Waals surface area contributed by atoms with Crippen molar-refractivity contribution in [1.82, 2.24) is 0 Å². The van der Waals surface area contributed by atoms with E-state index >= 15 is 0 Å². The first-order valence-electron chi connectivity index (χ1n) is 5.80. The molecule has 0 saturated carbocycles. The van der Waals surface area contributed by atoms with Gasteiger partial charge in [-0.05, 0) is 18.2 Å². The Bertz CT molecular complexity index is 549. The van der Waals surface area contributed by atoms with Gasteiger partial charge in [-0.15, -0.1) is 11.8 Å². The van der Waals surface area contributed by atoms with E-state index in [1.54, 1.807) is 0 Å². The Kier molecular flexibility index (Phi) is 7.04. The summed E-state index contributed by atoms with van der Waals surface area (Å²) < 4.78 is 9.09. The topological polar surface area (TPSA) is 81.7 Å². The second-order valence-electron chi connectivity index (χ2n) is 3.80. The first-order valence-corrected chi connectivity index (χ1v) is 7.33. The van der Waals surface area contributed by atoms with Crippen molar-refractivity contribution in [3.8, 4) is 0 Å². The number of esters is 2. The highest BCUT2D eigenvalue weighted by atomic mass is 35.5. The second kappa shape index (κ2) is 8.53. The second-order valence-corrected chi connectivity index (χ2v) is 5.22. The Morgan fingerprint density at radius 2 is 1.90 bits per heavy atom. The maximum absolute atomic E-state index is 11.8. The van der Waals surface area contributed by atoms with Crippen LogP contribution in [-0.2, 0) is 19.1 Å². The fourth-order valence-electron chi connectivity index (χ4n) is 1.38. The Labute approximate surface area is 131 Å². The number of ether oxygens (including phenoxy) is 2. The van der Waals surface area contributed by atoms with Gasteiger partial charge in [-0.2, -0.15) is 0 Å². The Morgan fingerprint density at radius 1 is 1.19 bits per heavy atom. The van der Waals surface area contributed by atoms with Crippen LogP contribution in [0.1, 0.15) is 10.4 Å². The monoisotopic (exact) mass is 331 g/mol. The molecule has 21 heavy (non-hydrogen) atoms. The van der Waals surface area contributed by atoms with Crippen molar-refractivity contribution in [2.75, 3.05) is 31.0 Å². The molecule has 0 aromatic heterocycles. The number of methoxy groups -OCH3 is 2. The van der Waals surface area contributed by atoms with Gasteiger partial charge in [0.05, 0.1) is 37.0 Å². The van der Waals surface area contributed by atoms with Crippen molar-refractivity contribution in [3.63, 3.8) is 0 Å². The molecule has 0 aliphatic carbocycles. The predicted octanol–water partition coefficient (Wildman–Crippen LogP) is 1.97. The van der Waals surface area contributed by atoms with Crippen molar-refractivity contribution in [1.29, 1.82) is 0 Å². The van der Waals surface area contributed by atoms with Gasteiger partial charge >= 0.3 is 11.9 Å². The zero-order valence-corrected chi connectivity index (χ0v) is 13.0. The van der Waals surface area contributed by atoms with E-state index in [0.29, 0.717) is 5.02 Å². The molecule has 114 valence electrons.